The van der Waals surface area contributed by atoms with Gasteiger partial charge in [-0.05, 0) is 275 Å². The van der Waals surface area contributed by atoms with E-state index < -0.39 is 20.8 Å². The summed E-state index contributed by atoms with van der Waals surface area (Å²) in [7, 11) is -9.93. The number of fused-ring (bicyclic) bond motifs is 6. The predicted octanol–water partition coefficient (Wildman–Crippen LogP) is 15.5. The number of azide groups is 1. The first-order valence-corrected chi connectivity index (χ1v) is 49.7. The molecule has 750 valence electrons. The van der Waals surface area contributed by atoms with Gasteiger partial charge in [-0.1, -0.05) is 94.8 Å². The number of benzene rings is 12. The molecule has 20 rings (SSSR count). The third kappa shape index (κ3) is 24.5. The number of nitriles is 1. The highest BCUT2D eigenvalue weighted by Crippen LogP contribution is 2.32. The lowest BCUT2D eigenvalue weighted by atomic mass is 10.1. The fourth-order valence-corrected chi connectivity index (χ4v) is 17.7. The van der Waals surface area contributed by atoms with Crippen LogP contribution in [0.4, 0.5) is 0 Å². The van der Waals surface area contributed by atoms with Crippen LogP contribution in [0.5, 0.6) is 34.5 Å². The van der Waals surface area contributed by atoms with E-state index in [1.807, 2.05) is 66.7 Å². The molecule has 0 aliphatic heterocycles. The zero-order chi connectivity index (χ0) is 104. The summed E-state index contributed by atoms with van der Waals surface area (Å²) in [5, 5.41) is 70.7. The number of rotatable bonds is 33. The van der Waals surface area contributed by atoms with Gasteiger partial charge in [-0.25, -0.2) is 56.1 Å². The van der Waals surface area contributed by atoms with E-state index in [0.29, 0.717) is 181 Å². The Morgan fingerprint density at radius 1 is 0.315 bits per heavy atom. The average Bonchev–Trinajstić information content (AvgIpc) is 1.37. The number of unbranched alkanes of at least 4 members (excludes halogenated alkanes) is 6. The maximum Gasteiger partial charge on any atom is 0.262 e. The quantitative estimate of drug-likeness (QED) is 0.00741. The minimum absolute atomic E-state index is 0.0539. The second-order valence-corrected chi connectivity index (χ2v) is 36.1. The average molecular weight is 2040 g/mol. The summed E-state index contributed by atoms with van der Waals surface area (Å²) in [4.78, 5) is 111. The van der Waals surface area contributed by atoms with Gasteiger partial charge in [0.05, 0.1) is 108 Å². The normalized spacial score (nSPS) is 11.3. The summed E-state index contributed by atoms with van der Waals surface area (Å²) < 4.78 is 88.0. The highest BCUT2D eigenvalue weighted by atomic mass is 32.3. The molecule has 0 spiro atoms. The van der Waals surface area contributed by atoms with E-state index in [0.717, 1.165) is 55.3 Å². The summed E-state index contributed by atoms with van der Waals surface area (Å²) in [6.07, 6.45) is 9.84. The molecule has 40 nitrogen and oxygen atoms in total. The molecule has 0 aliphatic rings. The van der Waals surface area contributed by atoms with Crippen molar-refractivity contribution in [2.24, 2.45) is 5.11 Å². The van der Waals surface area contributed by atoms with E-state index in [4.69, 9.17) is 30.7 Å². The molecule has 0 fully saturated rings. The number of phenols is 4. The molecular weight excluding hydrogens is 1950 g/mol. The highest BCUT2D eigenvalue weighted by molar-refractivity contribution is 7.81. The number of aromatic nitrogens is 18. The van der Waals surface area contributed by atoms with Gasteiger partial charge in [0.1, 0.15) is 76.0 Å². The zero-order valence-corrected chi connectivity index (χ0v) is 80.9. The van der Waals surface area contributed by atoms with Gasteiger partial charge in [0.15, 0.2) is 0 Å². The van der Waals surface area contributed by atoms with Crippen molar-refractivity contribution >= 4 is 86.2 Å². The first-order chi connectivity index (χ1) is 72.2. The number of aryl methyl sites for hydroxylation is 2. The Hall–Kier alpha value is -18.8. The van der Waals surface area contributed by atoms with Crippen molar-refractivity contribution in [1.82, 2.24) is 87.3 Å². The van der Waals surface area contributed by atoms with Crippen LogP contribution in [-0.2, 0) is 73.2 Å². The minimum atomic E-state index is -4.98. The second-order valence-electron chi connectivity index (χ2n) is 34.2. The lowest BCUT2D eigenvalue weighted by Crippen LogP contribution is -2.25. The SMILES string of the molecule is N#CCn1c(-c2ccc(O)cc2)nc2ccccc2c1=O.O=c1c2ccccc2nc(-c2ccc(O)cc2)n1CCCCCn1nncc1Cn1c(-c2ccc(O)cc2)nc2ccccc2c1=O.O=c1c2ccccc2nc(-c2ccc(OS(=O)(=O)[O-])cc2)n1CCCCCn1nncc1Cn1c(-c2ccc(OS(=O)(=O)[O-])cc2)nc2ccccc2c1=O.[N-]=[N+]=NCCCCCn1c(-c2ccc(O)cc2)nc2ccccc2c1=O. The first kappa shape index (κ1) is 102. The highest BCUT2D eigenvalue weighted by Gasteiger charge is 2.24. The van der Waals surface area contributed by atoms with Gasteiger partial charge in [0, 0.05) is 77.6 Å². The Balaban J connectivity index is 0.000000144. The standard InChI is InChI=1S/C36H31N7O10S2.C36H31N7O4.C19H19N5O2.C16H11N3O2/c44-35-29-8-2-4-10-31(29)38-33(24-12-16-27(17-13-24)52-54(46,47)48)41(35)20-6-1-7-21-43-26(22-37-40-43)23-42-34(39-32-11-5-3-9-30(32)36(42)45)25-14-18-28(19-15-25)53-55(49,50)51;44-27-16-12-24(13-17-27)33-38-31-10-4-2-8-29(31)35(46)41(33)20-6-1-7-21-43-26(22-37-40-43)23-42-34(25-14-18-28(45)19-15-25)39-32-11-5-3-9-30(32)36(42)47;20-23-21-12-4-1-5-13-24-18(14-8-10-15(25)11-9-14)22-17-7-3-2-6-16(17)19(24)26;17-9-10-19-15(11-5-7-12(20)8-6-11)18-14-4-2-1-3-13(14)16(19)21/h2-5,8-19,22H,1,6-7,20-21,23H2,(H,46,47,48)(H,49,50,51);2-5,8-19,22,44-45H,1,6-7,20-21,23H2;2-3,6-11,25H,1,4-5,12-13H2;1-8,20H,10H2/p-2. The number of phenolic OH excluding ortho intramolecular Hbond substituents is 4. The molecule has 0 atom stereocenters. The van der Waals surface area contributed by atoms with Crippen LogP contribution in [0.3, 0.4) is 0 Å². The van der Waals surface area contributed by atoms with Crippen molar-refractivity contribution < 1.29 is 54.7 Å². The van der Waals surface area contributed by atoms with Gasteiger partial charge in [0.2, 0.25) is 0 Å². The molecule has 20 aromatic rings. The smallest absolute Gasteiger partial charge is 0.262 e. The molecule has 8 aromatic heterocycles. The lowest BCUT2D eigenvalue weighted by Gasteiger charge is -2.16. The fourth-order valence-electron chi connectivity index (χ4n) is 17.1. The largest absolute Gasteiger partial charge is 0.716 e. The monoisotopic (exact) mass is 2030 g/mol. The maximum atomic E-state index is 13.8. The Morgan fingerprint density at radius 3 is 0.819 bits per heavy atom. The fraction of sp³-hybridized carbons (Fsp3) is 0.168. The Labute approximate surface area is 846 Å². The number of hydrogen-bond donors (Lipinski definition) is 4. The van der Waals surface area contributed by atoms with Crippen molar-refractivity contribution in [2.45, 2.75) is 110 Å². The summed E-state index contributed by atoms with van der Waals surface area (Å²) in [5.41, 5.74) is 15.8. The van der Waals surface area contributed by atoms with Gasteiger partial charge in [-0.2, -0.15) is 5.26 Å². The minimum Gasteiger partial charge on any atom is -0.716 e. The topological polar surface area (TPSA) is 557 Å². The maximum absolute atomic E-state index is 13.8. The molecule has 4 N–H and O–H groups in total. The molecular formula is C107H90N22O18S2-2. The molecule has 0 unspecified atom stereocenters. The molecule has 0 aliphatic carbocycles. The summed E-state index contributed by atoms with van der Waals surface area (Å²) >= 11 is 0. The van der Waals surface area contributed by atoms with E-state index in [1.54, 1.807) is 210 Å². The molecule has 42 heteroatoms. The van der Waals surface area contributed by atoms with Gasteiger partial charge in [-0.15, -0.1) is 10.2 Å². The Morgan fingerprint density at radius 2 is 0.550 bits per heavy atom. The van der Waals surface area contributed by atoms with Crippen LogP contribution in [0.25, 0.3) is 144 Å². The van der Waals surface area contributed by atoms with E-state index in [1.165, 1.54) is 69.8 Å². The number of nitrogens with zero attached hydrogens (tertiary/aromatic N) is 22. The van der Waals surface area contributed by atoms with Crippen LogP contribution in [0, 0.1) is 11.3 Å². The van der Waals surface area contributed by atoms with Gasteiger partial charge < -0.3 is 37.9 Å². The van der Waals surface area contributed by atoms with Crippen molar-refractivity contribution in [1.29, 1.82) is 5.26 Å². The van der Waals surface area contributed by atoms with Gasteiger partial charge >= 0.3 is 0 Å². The third-order valence-electron chi connectivity index (χ3n) is 24.3. The van der Waals surface area contributed by atoms with Crippen LogP contribution >= 0.6 is 0 Å². The molecule has 149 heavy (non-hydrogen) atoms. The Bertz CT molecular complexity index is 9090. The van der Waals surface area contributed by atoms with Crippen LogP contribution in [0.1, 0.15) is 69.2 Å². The van der Waals surface area contributed by atoms with Crippen LogP contribution < -0.4 is 41.7 Å². The van der Waals surface area contributed by atoms with E-state index in [2.05, 4.69) is 49.0 Å². The zero-order valence-electron chi connectivity index (χ0n) is 79.3. The number of hydrogen-bond acceptors (Lipinski definition) is 30. The number of para-hydroxylation sites is 6. The van der Waals surface area contributed by atoms with Gasteiger partial charge in [0.25, 0.3) is 54.2 Å². The summed E-state index contributed by atoms with van der Waals surface area (Å²) in [6, 6.07) is 82.3. The molecule has 12 aromatic carbocycles. The summed E-state index contributed by atoms with van der Waals surface area (Å²) in [5.74, 6) is 2.93. The predicted molar refractivity (Wildman–Crippen MR) is 555 cm³/mol. The molecule has 0 saturated heterocycles. The molecule has 0 radical (unpaired) electrons. The van der Waals surface area contributed by atoms with Crippen molar-refractivity contribution in [3.05, 3.63) is 388 Å². The van der Waals surface area contributed by atoms with Gasteiger partial charge in [-0.3, -0.25) is 56.2 Å². The second kappa shape index (κ2) is 46.3. The van der Waals surface area contributed by atoms with Crippen LogP contribution in [0.15, 0.2) is 337 Å². The van der Waals surface area contributed by atoms with Crippen molar-refractivity contribution in [3.63, 3.8) is 0 Å². The van der Waals surface area contributed by atoms with Crippen molar-refractivity contribution in [3.8, 4) is 109 Å². The Kier molecular flexibility index (Phi) is 31.6. The van der Waals surface area contributed by atoms with E-state index in [9.17, 15) is 75.1 Å². The first-order valence-electron chi connectivity index (χ1n) is 47.0. The molecule has 8 heterocycles. The van der Waals surface area contributed by atoms with E-state index >= 15 is 0 Å². The summed E-state index contributed by atoms with van der Waals surface area (Å²) in [6.45, 7) is 3.00. The van der Waals surface area contributed by atoms with Crippen LogP contribution in [-0.4, -0.2) is 140 Å². The third-order valence-corrected chi connectivity index (χ3v) is 25.1. The lowest BCUT2D eigenvalue weighted by molar-refractivity contribution is 0.370. The van der Waals surface area contributed by atoms with Crippen LogP contribution in [0.2, 0.25) is 0 Å². The molecule has 0 amide bonds. The van der Waals surface area contributed by atoms with Crippen molar-refractivity contribution in [2.75, 3.05) is 6.54 Å². The molecule has 0 bridgehead atoms. The number of aromatic hydroxyl groups is 4. The van der Waals surface area contributed by atoms with E-state index in [-0.39, 0.29) is 93.3 Å². The molecule has 0 saturated carbocycles.